The SMILES string of the molecule is CCCCCc1ccc(NC(C)c2cnccn2)cc1. The molecule has 0 spiro atoms. The van der Waals surface area contributed by atoms with Crippen LogP contribution in [0.3, 0.4) is 0 Å². The first-order valence-corrected chi connectivity index (χ1v) is 7.41. The number of rotatable bonds is 7. The maximum Gasteiger partial charge on any atom is 0.0806 e. The highest BCUT2D eigenvalue weighted by Gasteiger charge is 2.06. The van der Waals surface area contributed by atoms with Crippen molar-refractivity contribution >= 4 is 5.69 Å². The summed E-state index contributed by atoms with van der Waals surface area (Å²) < 4.78 is 0. The molecule has 0 saturated heterocycles. The molecule has 3 nitrogen and oxygen atoms in total. The van der Waals surface area contributed by atoms with Crippen LogP contribution in [0.25, 0.3) is 0 Å². The molecule has 1 N–H and O–H groups in total. The summed E-state index contributed by atoms with van der Waals surface area (Å²) in [5.41, 5.74) is 3.50. The molecule has 1 aromatic carbocycles. The van der Waals surface area contributed by atoms with Crippen LogP contribution in [0.15, 0.2) is 42.9 Å². The molecule has 20 heavy (non-hydrogen) atoms. The number of nitrogens with one attached hydrogen (secondary N) is 1. The van der Waals surface area contributed by atoms with Gasteiger partial charge < -0.3 is 5.32 Å². The molecular weight excluding hydrogens is 246 g/mol. The second kappa shape index (κ2) is 7.63. The van der Waals surface area contributed by atoms with Crippen LogP contribution in [0, 0.1) is 0 Å². The zero-order valence-corrected chi connectivity index (χ0v) is 12.3. The Kier molecular flexibility index (Phi) is 5.54. The largest absolute Gasteiger partial charge is 0.377 e. The molecule has 1 atom stereocenters. The summed E-state index contributed by atoms with van der Waals surface area (Å²) in [6.07, 6.45) is 10.3. The fraction of sp³-hybridized carbons (Fsp3) is 0.412. The van der Waals surface area contributed by atoms with Gasteiger partial charge in [0.1, 0.15) is 0 Å². The lowest BCUT2D eigenvalue weighted by Crippen LogP contribution is -2.08. The molecule has 0 bridgehead atoms. The second-order valence-electron chi connectivity index (χ2n) is 5.15. The van der Waals surface area contributed by atoms with E-state index in [0.717, 1.165) is 11.4 Å². The van der Waals surface area contributed by atoms with Crippen LogP contribution in [0.1, 0.15) is 50.4 Å². The van der Waals surface area contributed by atoms with Crippen molar-refractivity contribution in [1.82, 2.24) is 9.97 Å². The highest BCUT2D eigenvalue weighted by molar-refractivity contribution is 5.46. The lowest BCUT2D eigenvalue weighted by Gasteiger charge is -2.14. The van der Waals surface area contributed by atoms with E-state index >= 15 is 0 Å². The van der Waals surface area contributed by atoms with Gasteiger partial charge in [-0.15, -0.1) is 0 Å². The maximum atomic E-state index is 4.32. The van der Waals surface area contributed by atoms with Crippen molar-refractivity contribution in [3.63, 3.8) is 0 Å². The molecule has 0 aliphatic heterocycles. The predicted molar refractivity (Wildman–Crippen MR) is 83.7 cm³/mol. The van der Waals surface area contributed by atoms with E-state index < -0.39 is 0 Å². The van der Waals surface area contributed by atoms with E-state index in [2.05, 4.69) is 53.4 Å². The number of nitrogens with zero attached hydrogens (tertiary/aromatic N) is 2. The Morgan fingerprint density at radius 3 is 2.55 bits per heavy atom. The average Bonchev–Trinajstić information content (AvgIpc) is 2.50. The fourth-order valence-electron chi connectivity index (χ4n) is 2.20. The number of aromatic nitrogens is 2. The Bertz CT molecular complexity index is 493. The van der Waals surface area contributed by atoms with E-state index in [4.69, 9.17) is 0 Å². The number of aryl methyl sites for hydroxylation is 1. The molecule has 1 unspecified atom stereocenters. The summed E-state index contributed by atoms with van der Waals surface area (Å²) in [7, 11) is 0. The monoisotopic (exact) mass is 269 g/mol. The van der Waals surface area contributed by atoms with Gasteiger partial charge in [-0.1, -0.05) is 31.9 Å². The first-order chi connectivity index (χ1) is 9.79. The Labute approximate surface area is 121 Å². The van der Waals surface area contributed by atoms with Gasteiger partial charge in [0.2, 0.25) is 0 Å². The van der Waals surface area contributed by atoms with Gasteiger partial charge in [-0.3, -0.25) is 9.97 Å². The third kappa shape index (κ3) is 4.34. The molecular formula is C17H23N3. The molecule has 0 fully saturated rings. The minimum atomic E-state index is 0.162. The normalized spacial score (nSPS) is 12.1. The van der Waals surface area contributed by atoms with Gasteiger partial charge in [0.25, 0.3) is 0 Å². The number of anilines is 1. The summed E-state index contributed by atoms with van der Waals surface area (Å²) >= 11 is 0. The molecule has 0 aliphatic carbocycles. The smallest absolute Gasteiger partial charge is 0.0806 e. The van der Waals surface area contributed by atoms with Crippen LogP contribution in [0.5, 0.6) is 0 Å². The highest BCUT2D eigenvalue weighted by atomic mass is 14.9. The van der Waals surface area contributed by atoms with Crippen molar-refractivity contribution in [2.24, 2.45) is 0 Å². The third-order valence-electron chi connectivity index (χ3n) is 3.43. The van der Waals surface area contributed by atoms with Gasteiger partial charge >= 0.3 is 0 Å². The number of unbranched alkanes of at least 4 members (excludes halogenated alkanes) is 2. The zero-order chi connectivity index (χ0) is 14.2. The molecule has 0 radical (unpaired) electrons. The van der Waals surface area contributed by atoms with E-state index in [0.29, 0.717) is 0 Å². The van der Waals surface area contributed by atoms with Crippen molar-refractivity contribution in [3.8, 4) is 0 Å². The molecule has 106 valence electrons. The van der Waals surface area contributed by atoms with Gasteiger partial charge in [-0.05, 0) is 37.5 Å². The lowest BCUT2D eigenvalue weighted by atomic mass is 10.1. The predicted octanol–water partition coefficient (Wildman–Crippen LogP) is 4.38. The zero-order valence-electron chi connectivity index (χ0n) is 12.3. The minimum absolute atomic E-state index is 0.162. The van der Waals surface area contributed by atoms with Crippen LogP contribution >= 0.6 is 0 Å². The van der Waals surface area contributed by atoms with Crippen molar-refractivity contribution in [2.45, 2.75) is 45.6 Å². The van der Waals surface area contributed by atoms with Crippen LogP contribution in [0.4, 0.5) is 5.69 Å². The van der Waals surface area contributed by atoms with Crippen LogP contribution in [0.2, 0.25) is 0 Å². The Morgan fingerprint density at radius 2 is 1.90 bits per heavy atom. The summed E-state index contributed by atoms with van der Waals surface area (Å²) in [6.45, 7) is 4.33. The fourth-order valence-corrected chi connectivity index (χ4v) is 2.20. The molecule has 1 aromatic heterocycles. The van der Waals surface area contributed by atoms with Crippen molar-refractivity contribution in [1.29, 1.82) is 0 Å². The Balaban J connectivity index is 1.90. The molecule has 2 aromatic rings. The van der Waals surface area contributed by atoms with Gasteiger partial charge in [-0.2, -0.15) is 0 Å². The molecule has 3 heteroatoms. The Hall–Kier alpha value is -1.90. The lowest BCUT2D eigenvalue weighted by molar-refractivity contribution is 0.717. The summed E-state index contributed by atoms with van der Waals surface area (Å²) in [6, 6.07) is 8.88. The number of hydrogen-bond acceptors (Lipinski definition) is 3. The maximum absolute atomic E-state index is 4.32. The topological polar surface area (TPSA) is 37.8 Å². The van der Waals surface area contributed by atoms with E-state index in [1.165, 1.54) is 31.2 Å². The van der Waals surface area contributed by atoms with E-state index in [-0.39, 0.29) is 6.04 Å². The highest BCUT2D eigenvalue weighted by Crippen LogP contribution is 2.18. The van der Waals surface area contributed by atoms with Crippen LogP contribution < -0.4 is 5.32 Å². The quantitative estimate of drug-likeness (QED) is 0.758. The average molecular weight is 269 g/mol. The van der Waals surface area contributed by atoms with Crippen molar-refractivity contribution in [2.75, 3.05) is 5.32 Å². The van der Waals surface area contributed by atoms with E-state index in [1.807, 2.05) is 0 Å². The second-order valence-corrected chi connectivity index (χ2v) is 5.15. The van der Waals surface area contributed by atoms with E-state index in [1.54, 1.807) is 18.6 Å². The molecule has 0 saturated carbocycles. The van der Waals surface area contributed by atoms with Gasteiger partial charge in [0, 0.05) is 18.1 Å². The van der Waals surface area contributed by atoms with E-state index in [9.17, 15) is 0 Å². The first-order valence-electron chi connectivity index (χ1n) is 7.41. The summed E-state index contributed by atoms with van der Waals surface area (Å²) in [5.74, 6) is 0. The van der Waals surface area contributed by atoms with Crippen LogP contribution in [-0.4, -0.2) is 9.97 Å². The van der Waals surface area contributed by atoms with Crippen LogP contribution in [-0.2, 0) is 6.42 Å². The first kappa shape index (κ1) is 14.5. The molecule has 2 rings (SSSR count). The Morgan fingerprint density at radius 1 is 1.10 bits per heavy atom. The number of benzene rings is 1. The summed E-state index contributed by atoms with van der Waals surface area (Å²) in [5, 5.41) is 3.45. The molecule has 0 amide bonds. The molecule has 1 heterocycles. The number of hydrogen-bond donors (Lipinski definition) is 1. The molecule has 0 aliphatic rings. The third-order valence-corrected chi connectivity index (χ3v) is 3.43. The minimum Gasteiger partial charge on any atom is -0.377 e. The summed E-state index contributed by atoms with van der Waals surface area (Å²) in [4.78, 5) is 8.42. The van der Waals surface area contributed by atoms with Gasteiger partial charge in [-0.25, -0.2) is 0 Å². The van der Waals surface area contributed by atoms with Crippen molar-refractivity contribution in [3.05, 3.63) is 54.1 Å². The van der Waals surface area contributed by atoms with Crippen molar-refractivity contribution < 1.29 is 0 Å². The standard InChI is InChI=1S/C17H23N3/c1-3-4-5-6-15-7-9-16(10-8-15)20-14(2)17-13-18-11-12-19-17/h7-14,20H,3-6H2,1-2H3. The van der Waals surface area contributed by atoms with Gasteiger partial charge in [0.15, 0.2) is 0 Å². The van der Waals surface area contributed by atoms with Gasteiger partial charge in [0.05, 0.1) is 17.9 Å².